The average molecular weight is 274 g/mol. The van der Waals surface area contributed by atoms with Crippen LogP contribution in [-0.2, 0) is 12.7 Å². The molecule has 1 N–H and O–H groups in total. The van der Waals surface area contributed by atoms with E-state index in [4.69, 9.17) is 0 Å². The summed E-state index contributed by atoms with van der Waals surface area (Å²) in [7, 11) is 1.59. The van der Waals surface area contributed by atoms with Crippen molar-refractivity contribution in [2.45, 2.75) is 12.7 Å². The fourth-order valence-electron chi connectivity index (χ4n) is 1.38. The average Bonchev–Trinajstić information content (AvgIpc) is 2.75. The third kappa shape index (κ3) is 2.65. The van der Waals surface area contributed by atoms with Crippen LogP contribution in [0.5, 0.6) is 0 Å². The summed E-state index contributed by atoms with van der Waals surface area (Å²) in [6, 6.07) is 1.53. The first-order valence-electron chi connectivity index (χ1n) is 5.00. The van der Waals surface area contributed by atoms with E-state index < -0.39 is 11.9 Å². The van der Waals surface area contributed by atoms with Crippen LogP contribution in [0.3, 0.4) is 0 Å². The van der Waals surface area contributed by atoms with E-state index in [0.717, 1.165) is 11.3 Å². The molecule has 2 aromatic rings. The molecule has 4 nitrogen and oxygen atoms in total. The van der Waals surface area contributed by atoms with Gasteiger partial charge >= 0.3 is 6.18 Å². The molecule has 0 saturated heterocycles. The van der Waals surface area contributed by atoms with Crippen LogP contribution < -0.4 is 5.32 Å². The zero-order valence-corrected chi connectivity index (χ0v) is 10.1. The van der Waals surface area contributed by atoms with E-state index in [9.17, 15) is 13.2 Å². The van der Waals surface area contributed by atoms with Crippen molar-refractivity contribution in [3.8, 4) is 10.7 Å². The topological polar surface area (TPSA) is 50.7 Å². The van der Waals surface area contributed by atoms with Gasteiger partial charge in [-0.05, 0) is 13.1 Å². The number of hydrogen-bond donors (Lipinski definition) is 1. The highest BCUT2D eigenvalue weighted by atomic mass is 32.1. The Hall–Kier alpha value is -1.54. The summed E-state index contributed by atoms with van der Waals surface area (Å²) in [6.07, 6.45) is -1.70. The summed E-state index contributed by atoms with van der Waals surface area (Å²) in [6.45, 7) is 0.123. The maximum Gasteiger partial charge on any atom is 0.434 e. The van der Waals surface area contributed by atoms with Gasteiger partial charge in [0, 0.05) is 12.7 Å². The SMILES string of the molecule is CNCc1sc(-c2ccncn2)nc1C(F)(F)F. The molecule has 0 aliphatic carbocycles. The first-order chi connectivity index (χ1) is 8.52. The quantitative estimate of drug-likeness (QED) is 0.933. The van der Waals surface area contributed by atoms with Crippen molar-refractivity contribution in [2.75, 3.05) is 7.05 Å². The summed E-state index contributed by atoms with van der Waals surface area (Å²) in [5, 5.41) is 2.94. The molecule has 96 valence electrons. The molecular weight excluding hydrogens is 265 g/mol. The largest absolute Gasteiger partial charge is 0.434 e. The second-order valence-corrected chi connectivity index (χ2v) is 4.50. The summed E-state index contributed by atoms with van der Waals surface area (Å²) in [5.41, 5.74) is -0.460. The van der Waals surface area contributed by atoms with E-state index in [1.807, 2.05) is 0 Å². The molecule has 0 aliphatic rings. The minimum Gasteiger partial charge on any atom is -0.315 e. The van der Waals surface area contributed by atoms with Gasteiger partial charge in [-0.3, -0.25) is 0 Å². The van der Waals surface area contributed by atoms with E-state index in [1.54, 1.807) is 7.05 Å². The second-order valence-electron chi connectivity index (χ2n) is 3.41. The summed E-state index contributed by atoms with van der Waals surface area (Å²) in [4.78, 5) is 11.4. The van der Waals surface area contributed by atoms with Crippen molar-refractivity contribution in [2.24, 2.45) is 0 Å². The summed E-state index contributed by atoms with van der Waals surface area (Å²) < 4.78 is 38.4. The van der Waals surface area contributed by atoms with Crippen LogP contribution in [0.4, 0.5) is 13.2 Å². The number of rotatable bonds is 3. The smallest absolute Gasteiger partial charge is 0.315 e. The van der Waals surface area contributed by atoms with Crippen LogP contribution in [0.2, 0.25) is 0 Å². The Labute approximate surface area is 105 Å². The van der Waals surface area contributed by atoms with Gasteiger partial charge in [0.2, 0.25) is 0 Å². The molecule has 8 heteroatoms. The van der Waals surface area contributed by atoms with E-state index in [1.165, 1.54) is 18.6 Å². The molecule has 2 heterocycles. The van der Waals surface area contributed by atoms with Gasteiger partial charge in [0.05, 0.1) is 4.88 Å². The van der Waals surface area contributed by atoms with Gasteiger partial charge in [-0.2, -0.15) is 13.2 Å². The van der Waals surface area contributed by atoms with Crippen molar-refractivity contribution in [1.82, 2.24) is 20.3 Å². The predicted molar refractivity (Wildman–Crippen MR) is 60.9 cm³/mol. The molecular formula is C10H9F3N4S. The molecule has 0 atom stereocenters. The lowest BCUT2D eigenvalue weighted by atomic mass is 10.3. The number of thiazole rings is 1. The van der Waals surface area contributed by atoms with Crippen LogP contribution in [0.15, 0.2) is 18.6 Å². The third-order valence-electron chi connectivity index (χ3n) is 2.10. The Bertz CT molecular complexity index is 524. The minimum atomic E-state index is -4.45. The lowest BCUT2D eigenvalue weighted by molar-refractivity contribution is -0.141. The maximum absolute atomic E-state index is 12.8. The van der Waals surface area contributed by atoms with Crippen molar-refractivity contribution in [1.29, 1.82) is 0 Å². The van der Waals surface area contributed by atoms with Crippen molar-refractivity contribution in [3.05, 3.63) is 29.2 Å². The fraction of sp³-hybridized carbons (Fsp3) is 0.300. The van der Waals surface area contributed by atoms with Gasteiger partial charge in [0.15, 0.2) is 5.69 Å². The minimum absolute atomic E-state index is 0.123. The second kappa shape index (κ2) is 4.99. The molecule has 0 aliphatic heterocycles. The van der Waals surface area contributed by atoms with E-state index in [0.29, 0.717) is 5.69 Å². The number of nitrogens with zero attached hydrogens (tertiary/aromatic N) is 3. The molecule has 0 unspecified atom stereocenters. The van der Waals surface area contributed by atoms with Gasteiger partial charge in [-0.1, -0.05) is 0 Å². The van der Waals surface area contributed by atoms with E-state index in [-0.39, 0.29) is 16.4 Å². The number of nitrogens with one attached hydrogen (secondary N) is 1. The molecule has 0 saturated carbocycles. The molecule has 2 aromatic heterocycles. The predicted octanol–water partition coefficient (Wildman–Crippen LogP) is 2.34. The normalized spacial score (nSPS) is 11.8. The van der Waals surface area contributed by atoms with E-state index in [2.05, 4.69) is 20.3 Å². The van der Waals surface area contributed by atoms with Crippen molar-refractivity contribution < 1.29 is 13.2 Å². The molecule has 0 fully saturated rings. The highest BCUT2D eigenvalue weighted by molar-refractivity contribution is 7.15. The molecule has 0 bridgehead atoms. The Balaban J connectivity index is 2.46. The van der Waals surface area contributed by atoms with Gasteiger partial charge < -0.3 is 5.32 Å². The zero-order valence-electron chi connectivity index (χ0n) is 9.32. The van der Waals surface area contributed by atoms with Crippen LogP contribution in [0.25, 0.3) is 10.7 Å². The van der Waals surface area contributed by atoms with Gasteiger partial charge in [0.1, 0.15) is 17.0 Å². The lowest BCUT2D eigenvalue weighted by Crippen LogP contribution is -2.12. The van der Waals surface area contributed by atoms with E-state index >= 15 is 0 Å². The number of hydrogen-bond acceptors (Lipinski definition) is 5. The molecule has 18 heavy (non-hydrogen) atoms. The summed E-state index contributed by atoms with van der Waals surface area (Å²) >= 11 is 0.980. The molecule has 2 rings (SSSR count). The summed E-state index contributed by atoms with van der Waals surface area (Å²) in [5.74, 6) is 0. The Morgan fingerprint density at radius 2 is 2.17 bits per heavy atom. The van der Waals surface area contributed by atoms with Gasteiger partial charge in [0.25, 0.3) is 0 Å². The Morgan fingerprint density at radius 1 is 1.39 bits per heavy atom. The number of aromatic nitrogens is 3. The first-order valence-corrected chi connectivity index (χ1v) is 5.82. The number of alkyl halides is 3. The molecule has 0 aromatic carbocycles. The van der Waals surface area contributed by atoms with Gasteiger partial charge in [-0.25, -0.2) is 15.0 Å². The maximum atomic E-state index is 12.8. The lowest BCUT2D eigenvalue weighted by Gasteiger charge is -2.04. The Morgan fingerprint density at radius 3 is 2.72 bits per heavy atom. The Kier molecular flexibility index (Phi) is 3.58. The highest BCUT2D eigenvalue weighted by Gasteiger charge is 2.37. The van der Waals surface area contributed by atoms with Gasteiger partial charge in [-0.15, -0.1) is 11.3 Å². The monoisotopic (exact) mass is 274 g/mol. The first kappa shape index (κ1) is 12.9. The van der Waals surface area contributed by atoms with Crippen LogP contribution in [-0.4, -0.2) is 22.0 Å². The van der Waals surface area contributed by atoms with Crippen LogP contribution >= 0.6 is 11.3 Å². The fourth-order valence-corrected chi connectivity index (χ4v) is 2.45. The third-order valence-corrected chi connectivity index (χ3v) is 3.18. The molecule has 0 spiro atoms. The zero-order chi connectivity index (χ0) is 13.2. The molecule has 0 radical (unpaired) electrons. The van der Waals surface area contributed by atoms with Crippen LogP contribution in [0.1, 0.15) is 10.6 Å². The van der Waals surface area contributed by atoms with Crippen molar-refractivity contribution in [3.63, 3.8) is 0 Å². The van der Waals surface area contributed by atoms with Crippen LogP contribution in [0, 0.1) is 0 Å². The standard InChI is InChI=1S/C10H9F3N4S/c1-14-4-7-8(10(11,12)13)17-9(18-7)6-2-3-15-5-16-6/h2-3,5,14H,4H2,1H3. The highest BCUT2D eigenvalue weighted by Crippen LogP contribution is 2.36. The van der Waals surface area contributed by atoms with Crippen molar-refractivity contribution >= 4 is 11.3 Å². The number of halogens is 3. The molecule has 0 amide bonds.